The lowest BCUT2D eigenvalue weighted by Crippen LogP contribution is -2.02. The number of ether oxygens (including phenoxy) is 1. The van der Waals surface area contributed by atoms with Crippen molar-refractivity contribution in [3.05, 3.63) is 182 Å². The fourth-order valence-electron chi connectivity index (χ4n) is 7.02. The largest absolute Gasteiger partial charge is 0.496 e. The number of aromatic nitrogens is 3. The average Bonchev–Trinajstić information content (AvgIpc) is 3.23. The number of nitrogens with zero attached hydrogens (tertiary/aromatic N) is 3. The first kappa shape index (κ1) is 31.1. The van der Waals surface area contributed by atoms with Crippen LogP contribution in [0.4, 0.5) is 0 Å². The van der Waals surface area contributed by atoms with Crippen LogP contribution < -0.4 is 4.74 Å². The van der Waals surface area contributed by atoms with Gasteiger partial charge in [-0.2, -0.15) is 0 Å². The van der Waals surface area contributed by atoms with Gasteiger partial charge in [-0.25, -0.2) is 15.0 Å². The molecule has 0 bridgehead atoms. The highest BCUT2D eigenvalue weighted by molar-refractivity contribution is 6.02. The van der Waals surface area contributed by atoms with Gasteiger partial charge in [0, 0.05) is 22.3 Å². The van der Waals surface area contributed by atoms with E-state index in [9.17, 15) is 0 Å². The fourth-order valence-corrected chi connectivity index (χ4v) is 7.02. The molecule has 9 rings (SSSR count). The number of hydrogen-bond donors (Lipinski definition) is 0. The number of hydrogen-bond acceptors (Lipinski definition) is 4. The summed E-state index contributed by atoms with van der Waals surface area (Å²) in [6.45, 7) is 0. The van der Waals surface area contributed by atoms with Crippen molar-refractivity contribution in [2.45, 2.75) is 0 Å². The quantitative estimate of drug-likeness (QED) is 0.170. The van der Waals surface area contributed by atoms with Crippen molar-refractivity contribution in [3.8, 4) is 73.3 Å². The standard InChI is InChI=1S/C48H33N3O/c1-52-44-22-12-21-42(48-50-46(35-14-4-2-5-15-35)49-47(51-48)36-16-6-3-7-17-36)45(44)40-30-39-19-10-11-20-41(39)43(31-40)34-26-23-33(24-27-34)38-28-25-32-13-8-9-18-37(32)29-38/h2-31H,1H3. The van der Waals surface area contributed by atoms with Crippen molar-refractivity contribution >= 4 is 21.5 Å². The second-order valence-electron chi connectivity index (χ2n) is 12.8. The van der Waals surface area contributed by atoms with Gasteiger partial charge in [-0.3, -0.25) is 0 Å². The molecule has 0 N–H and O–H groups in total. The van der Waals surface area contributed by atoms with Crippen LogP contribution in [-0.2, 0) is 0 Å². The summed E-state index contributed by atoms with van der Waals surface area (Å²) < 4.78 is 6.07. The van der Waals surface area contributed by atoms with E-state index < -0.39 is 0 Å². The molecule has 0 radical (unpaired) electrons. The lowest BCUT2D eigenvalue weighted by Gasteiger charge is -2.17. The second-order valence-corrected chi connectivity index (χ2v) is 12.8. The molecule has 4 heteroatoms. The van der Waals surface area contributed by atoms with Crippen LogP contribution in [-0.4, -0.2) is 22.1 Å². The highest BCUT2D eigenvalue weighted by Gasteiger charge is 2.20. The molecule has 0 aliphatic rings. The predicted octanol–water partition coefficient (Wildman–Crippen LogP) is 12.2. The Bertz CT molecular complexity index is 2650. The van der Waals surface area contributed by atoms with E-state index in [0.29, 0.717) is 17.5 Å². The Kier molecular flexibility index (Phi) is 8.03. The Balaban J connectivity index is 1.21. The molecule has 0 unspecified atom stereocenters. The van der Waals surface area contributed by atoms with Crippen LogP contribution in [0.1, 0.15) is 0 Å². The third-order valence-corrected chi connectivity index (χ3v) is 9.62. The van der Waals surface area contributed by atoms with Gasteiger partial charge in [0.2, 0.25) is 0 Å². The van der Waals surface area contributed by atoms with Crippen molar-refractivity contribution in [2.24, 2.45) is 0 Å². The fraction of sp³-hybridized carbons (Fsp3) is 0.0208. The van der Waals surface area contributed by atoms with Gasteiger partial charge in [-0.1, -0.05) is 158 Å². The van der Waals surface area contributed by atoms with Crippen LogP contribution in [0.25, 0.3) is 89.1 Å². The molecule has 9 aromatic rings. The van der Waals surface area contributed by atoms with Crippen LogP contribution >= 0.6 is 0 Å². The predicted molar refractivity (Wildman–Crippen MR) is 214 cm³/mol. The van der Waals surface area contributed by atoms with Crippen molar-refractivity contribution in [3.63, 3.8) is 0 Å². The van der Waals surface area contributed by atoms with Gasteiger partial charge in [0.05, 0.1) is 7.11 Å². The third kappa shape index (κ3) is 5.86. The van der Waals surface area contributed by atoms with Gasteiger partial charge in [0.1, 0.15) is 5.75 Å². The maximum atomic E-state index is 6.07. The van der Waals surface area contributed by atoms with E-state index in [4.69, 9.17) is 19.7 Å². The van der Waals surface area contributed by atoms with E-state index in [1.54, 1.807) is 7.11 Å². The number of benzene rings is 8. The summed E-state index contributed by atoms with van der Waals surface area (Å²) in [5, 5.41) is 4.79. The zero-order valence-electron chi connectivity index (χ0n) is 28.6. The summed E-state index contributed by atoms with van der Waals surface area (Å²) in [5.74, 6) is 2.55. The van der Waals surface area contributed by atoms with Crippen LogP contribution in [0.3, 0.4) is 0 Å². The Morgan fingerprint density at radius 3 is 1.60 bits per heavy atom. The minimum absolute atomic E-state index is 0.580. The normalized spacial score (nSPS) is 11.2. The first-order valence-electron chi connectivity index (χ1n) is 17.4. The van der Waals surface area contributed by atoms with Crippen LogP contribution in [0, 0.1) is 0 Å². The maximum absolute atomic E-state index is 6.07. The summed E-state index contributed by atoms with van der Waals surface area (Å²) in [4.78, 5) is 15.1. The van der Waals surface area contributed by atoms with Crippen molar-refractivity contribution in [1.82, 2.24) is 15.0 Å². The van der Waals surface area contributed by atoms with E-state index >= 15 is 0 Å². The molecule has 1 aromatic heterocycles. The minimum Gasteiger partial charge on any atom is -0.496 e. The molecule has 246 valence electrons. The van der Waals surface area contributed by atoms with Crippen molar-refractivity contribution in [2.75, 3.05) is 7.11 Å². The molecule has 1 heterocycles. The van der Waals surface area contributed by atoms with E-state index in [1.807, 2.05) is 72.8 Å². The molecule has 0 spiro atoms. The molecule has 0 aliphatic heterocycles. The molecule has 0 atom stereocenters. The van der Waals surface area contributed by atoms with E-state index in [2.05, 4.69) is 109 Å². The second kappa shape index (κ2) is 13.4. The monoisotopic (exact) mass is 667 g/mol. The van der Waals surface area contributed by atoms with Crippen LogP contribution in [0.5, 0.6) is 5.75 Å². The Morgan fingerprint density at radius 1 is 0.346 bits per heavy atom. The highest BCUT2D eigenvalue weighted by Crippen LogP contribution is 2.43. The van der Waals surface area contributed by atoms with Gasteiger partial charge < -0.3 is 4.74 Å². The Hall–Kier alpha value is -6.91. The zero-order valence-corrected chi connectivity index (χ0v) is 28.6. The maximum Gasteiger partial charge on any atom is 0.164 e. The SMILES string of the molecule is COc1cccc(-c2nc(-c3ccccc3)nc(-c3ccccc3)n2)c1-c1cc(-c2ccc(-c3ccc4ccccc4c3)cc2)c2ccccc2c1. The first-order chi connectivity index (χ1) is 25.7. The molecule has 0 aliphatic carbocycles. The summed E-state index contributed by atoms with van der Waals surface area (Å²) in [6, 6.07) is 63.3. The smallest absolute Gasteiger partial charge is 0.164 e. The summed E-state index contributed by atoms with van der Waals surface area (Å²) in [6.07, 6.45) is 0. The average molecular weight is 668 g/mol. The van der Waals surface area contributed by atoms with E-state index in [0.717, 1.165) is 50.1 Å². The van der Waals surface area contributed by atoms with Crippen LogP contribution in [0.15, 0.2) is 182 Å². The zero-order chi connectivity index (χ0) is 34.9. The molecule has 0 saturated carbocycles. The van der Waals surface area contributed by atoms with Crippen molar-refractivity contribution < 1.29 is 4.74 Å². The molecule has 8 aromatic carbocycles. The van der Waals surface area contributed by atoms with E-state index in [-0.39, 0.29) is 0 Å². The minimum atomic E-state index is 0.580. The van der Waals surface area contributed by atoms with Gasteiger partial charge in [0.25, 0.3) is 0 Å². The number of rotatable bonds is 7. The molecular formula is C48H33N3O. The summed E-state index contributed by atoms with van der Waals surface area (Å²) >= 11 is 0. The Morgan fingerprint density at radius 2 is 0.904 bits per heavy atom. The molecule has 0 fully saturated rings. The third-order valence-electron chi connectivity index (χ3n) is 9.62. The first-order valence-corrected chi connectivity index (χ1v) is 17.4. The Labute approximate surface area is 302 Å². The topological polar surface area (TPSA) is 47.9 Å². The number of fused-ring (bicyclic) bond motifs is 2. The van der Waals surface area contributed by atoms with Gasteiger partial charge in [-0.05, 0) is 73.6 Å². The lowest BCUT2D eigenvalue weighted by atomic mass is 9.90. The van der Waals surface area contributed by atoms with Gasteiger partial charge >= 0.3 is 0 Å². The van der Waals surface area contributed by atoms with E-state index in [1.165, 1.54) is 27.3 Å². The highest BCUT2D eigenvalue weighted by atomic mass is 16.5. The molecule has 52 heavy (non-hydrogen) atoms. The van der Waals surface area contributed by atoms with Crippen LogP contribution in [0.2, 0.25) is 0 Å². The molecule has 4 nitrogen and oxygen atoms in total. The molecule has 0 saturated heterocycles. The summed E-state index contributed by atoms with van der Waals surface area (Å²) in [5.41, 5.74) is 9.31. The molecular weight excluding hydrogens is 635 g/mol. The van der Waals surface area contributed by atoms with Crippen molar-refractivity contribution in [1.29, 1.82) is 0 Å². The summed E-state index contributed by atoms with van der Waals surface area (Å²) in [7, 11) is 1.72. The lowest BCUT2D eigenvalue weighted by molar-refractivity contribution is 0.416. The van der Waals surface area contributed by atoms with Gasteiger partial charge in [-0.15, -0.1) is 0 Å². The molecule has 0 amide bonds. The van der Waals surface area contributed by atoms with Gasteiger partial charge in [0.15, 0.2) is 17.5 Å². The number of methoxy groups -OCH3 is 1.